The van der Waals surface area contributed by atoms with Crippen molar-refractivity contribution in [1.82, 2.24) is 0 Å². The van der Waals surface area contributed by atoms with Crippen LogP contribution in [-0.2, 0) is 9.84 Å². The number of halogens is 2. The molecule has 0 aliphatic heterocycles. The van der Waals surface area contributed by atoms with E-state index in [1.165, 1.54) is 6.42 Å². The fourth-order valence-corrected chi connectivity index (χ4v) is 5.81. The second kappa shape index (κ2) is 6.15. The van der Waals surface area contributed by atoms with Gasteiger partial charge in [-0.05, 0) is 42.5 Å². The largest absolute Gasteiger partial charge is 0.224 e. The molecule has 1 saturated carbocycles. The van der Waals surface area contributed by atoms with Gasteiger partial charge in [0.25, 0.3) is 0 Å². The van der Waals surface area contributed by atoms with E-state index in [4.69, 9.17) is 11.6 Å². The van der Waals surface area contributed by atoms with Crippen LogP contribution >= 0.6 is 27.5 Å². The van der Waals surface area contributed by atoms with E-state index >= 15 is 0 Å². The molecule has 0 saturated heterocycles. The number of benzene rings is 1. The van der Waals surface area contributed by atoms with Gasteiger partial charge >= 0.3 is 0 Å². The SMILES string of the molecule is O=S(=O)(CC1(CBr)CCCCC1)c1ccc(Cl)cc1. The third kappa shape index (κ3) is 3.73. The van der Waals surface area contributed by atoms with Gasteiger partial charge in [-0.25, -0.2) is 8.42 Å². The lowest BCUT2D eigenvalue weighted by Crippen LogP contribution is -2.34. The second-order valence-corrected chi connectivity index (χ2v) is 8.39. The molecule has 1 aromatic carbocycles. The summed E-state index contributed by atoms with van der Waals surface area (Å²) >= 11 is 9.33. The number of hydrogen-bond acceptors (Lipinski definition) is 2. The van der Waals surface area contributed by atoms with Crippen molar-refractivity contribution in [2.75, 3.05) is 11.1 Å². The van der Waals surface area contributed by atoms with Gasteiger partial charge in [-0.3, -0.25) is 0 Å². The molecule has 0 N–H and O–H groups in total. The van der Waals surface area contributed by atoms with Crippen LogP contribution in [0.1, 0.15) is 32.1 Å². The quantitative estimate of drug-likeness (QED) is 0.738. The first kappa shape index (κ1) is 15.3. The van der Waals surface area contributed by atoms with Crippen LogP contribution < -0.4 is 0 Å². The van der Waals surface area contributed by atoms with Gasteiger partial charge in [-0.2, -0.15) is 0 Å². The van der Waals surface area contributed by atoms with Gasteiger partial charge in [-0.1, -0.05) is 46.8 Å². The lowest BCUT2D eigenvalue weighted by Gasteiger charge is -2.35. The predicted octanol–water partition coefficient (Wildman–Crippen LogP) is 4.46. The summed E-state index contributed by atoms with van der Waals surface area (Å²) in [4.78, 5) is 0.378. The van der Waals surface area contributed by atoms with E-state index in [9.17, 15) is 8.42 Å². The zero-order chi connectivity index (χ0) is 13.9. The van der Waals surface area contributed by atoms with Crippen LogP contribution in [0.2, 0.25) is 5.02 Å². The lowest BCUT2D eigenvalue weighted by molar-refractivity contribution is 0.256. The molecular weight excluding hydrogens is 348 g/mol. The Hall–Kier alpha value is -0.0600. The summed E-state index contributed by atoms with van der Waals surface area (Å²) in [6, 6.07) is 6.47. The van der Waals surface area contributed by atoms with Crippen molar-refractivity contribution in [2.45, 2.75) is 37.0 Å². The highest BCUT2D eigenvalue weighted by molar-refractivity contribution is 9.09. The summed E-state index contributed by atoms with van der Waals surface area (Å²) in [5.41, 5.74) is -0.100. The van der Waals surface area contributed by atoms with Crippen LogP contribution in [0.15, 0.2) is 29.2 Å². The Morgan fingerprint density at radius 1 is 1.11 bits per heavy atom. The van der Waals surface area contributed by atoms with Crippen molar-refractivity contribution < 1.29 is 8.42 Å². The van der Waals surface area contributed by atoms with Crippen molar-refractivity contribution in [2.24, 2.45) is 5.41 Å². The molecule has 1 aliphatic carbocycles. The van der Waals surface area contributed by atoms with Gasteiger partial charge in [-0.15, -0.1) is 0 Å². The van der Waals surface area contributed by atoms with Crippen molar-refractivity contribution in [3.63, 3.8) is 0 Å². The van der Waals surface area contributed by atoms with Gasteiger partial charge in [0.05, 0.1) is 10.6 Å². The molecule has 1 aromatic rings. The van der Waals surface area contributed by atoms with Crippen LogP contribution in [0, 0.1) is 5.41 Å². The molecule has 106 valence electrons. The average Bonchev–Trinajstić information content (AvgIpc) is 2.40. The standard InChI is InChI=1S/C14H18BrClO2S/c15-10-14(8-2-1-3-9-14)11-19(17,18)13-6-4-12(16)5-7-13/h4-7H,1-3,8-11H2. The van der Waals surface area contributed by atoms with Crippen LogP contribution in [-0.4, -0.2) is 19.5 Å². The normalized spacial score (nSPS) is 19.3. The molecule has 0 heterocycles. The molecule has 5 heteroatoms. The van der Waals surface area contributed by atoms with Gasteiger partial charge in [0, 0.05) is 10.4 Å². The summed E-state index contributed by atoms with van der Waals surface area (Å²) < 4.78 is 25.0. The highest BCUT2D eigenvalue weighted by Gasteiger charge is 2.36. The maximum absolute atomic E-state index is 12.5. The van der Waals surface area contributed by atoms with E-state index in [-0.39, 0.29) is 11.2 Å². The third-order valence-corrected chi connectivity index (χ3v) is 7.29. The number of rotatable bonds is 4. The zero-order valence-corrected chi connectivity index (χ0v) is 13.9. The molecule has 0 unspecified atom stereocenters. The first-order chi connectivity index (χ1) is 8.97. The molecule has 0 spiro atoms. The van der Waals surface area contributed by atoms with Gasteiger partial charge < -0.3 is 0 Å². The third-order valence-electron chi connectivity index (χ3n) is 3.87. The average molecular weight is 366 g/mol. The molecule has 2 nitrogen and oxygen atoms in total. The fourth-order valence-electron chi connectivity index (χ4n) is 2.75. The molecule has 0 aromatic heterocycles. The molecule has 0 amide bonds. The Morgan fingerprint density at radius 3 is 2.21 bits per heavy atom. The molecule has 0 atom stereocenters. The summed E-state index contributed by atoms with van der Waals surface area (Å²) in [5, 5.41) is 1.32. The smallest absolute Gasteiger partial charge is 0.178 e. The van der Waals surface area contributed by atoms with Crippen molar-refractivity contribution in [3.05, 3.63) is 29.3 Å². The Bertz CT molecular complexity index is 519. The Labute approximate surface area is 128 Å². The topological polar surface area (TPSA) is 34.1 Å². The Kier molecular flexibility index (Phi) is 4.96. The number of sulfone groups is 1. The molecule has 1 fully saturated rings. The number of alkyl halides is 1. The van der Waals surface area contributed by atoms with Crippen molar-refractivity contribution in [1.29, 1.82) is 0 Å². The van der Waals surface area contributed by atoms with E-state index in [2.05, 4.69) is 15.9 Å². The van der Waals surface area contributed by atoms with Crippen LogP contribution in [0.5, 0.6) is 0 Å². The van der Waals surface area contributed by atoms with Gasteiger partial charge in [0.1, 0.15) is 0 Å². The summed E-state index contributed by atoms with van der Waals surface area (Å²) in [7, 11) is -3.24. The Morgan fingerprint density at radius 2 is 1.68 bits per heavy atom. The minimum Gasteiger partial charge on any atom is -0.224 e. The highest BCUT2D eigenvalue weighted by Crippen LogP contribution is 2.40. The van der Waals surface area contributed by atoms with Crippen molar-refractivity contribution >= 4 is 37.4 Å². The van der Waals surface area contributed by atoms with E-state index in [1.807, 2.05) is 0 Å². The molecule has 0 bridgehead atoms. The first-order valence-corrected chi connectivity index (χ1v) is 9.67. The predicted molar refractivity (Wildman–Crippen MR) is 82.8 cm³/mol. The van der Waals surface area contributed by atoms with Crippen LogP contribution in [0.25, 0.3) is 0 Å². The summed E-state index contributed by atoms with van der Waals surface area (Å²) in [5.74, 6) is 0.229. The van der Waals surface area contributed by atoms with Crippen molar-refractivity contribution in [3.8, 4) is 0 Å². The monoisotopic (exact) mass is 364 g/mol. The summed E-state index contributed by atoms with van der Waals surface area (Å²) in [6.45, 7) is 0. The van der Waals surface area contributed by atoms with E-state index in [0.717, 1.165) is 31.0 Å². The van der Waals surface area contributed by atoms with Crippen LogP contribution in [0.3, 0.4) is 0 Å². The van der Waals surface area contributed by atoms with Gasteiger partial charge in [0.15, 0.2) is 9.84 Å². The highest BCUT2D eigenvalue weighted by atomic mass is 79.9. The lowest BCUT2D eigenvalue weighted by atomic mass is 9.77. The van der Waals surface area contributed by atoms with E-state index < -0.39 is 9.84 Å². The van der Waals surface area contributed by atoms with Crippen LogP contribution in [0.4, 0.5) is 0 Å². The maximum atomic E-state index is 12.5. The first-order valence-electron chi connectivity index (χ1n) is 6.52. The minimum absolute atomic E-state index is 0.100. The van der Waals surface area contributed by atoms with E-state index in [1.54, 1.807) is 24.3 Å². The fraction of sp³-hybridized carbons (Fsp3) is 0.571. The second-order valence-electron chi connectivity index (χ2n) is 5.41. The molecular formula is C14H18BrClO2S. The zero-order valence-electron chi connectivity index (χ0n) is 10.7. The molecule has 1 aliphatic rings. The number of hydrogen-bond donors (Lipinski definition) is 0. The van der Waals surface area contributed by atoms with Gasteiger partial charge in [0.2, 0.25) is 0 Å². The maximum Gasteiger partial charge on any atom is 0.178 e. The molecule has 0 radical (unpaired) electrons. The molecule has 19 heavy (non-hydrogen) atoms. The minimum atomic E-state index is -3.24. The van der Waals surface area contributed by atoms with E-state index in [0.29, 0.717) is 9.92 Å². The summed E-state index contributed by atoms with van der Waals surface area (Å²) in [6.07, 6.45) is 5.45. The Balaban J connectivity index is 2.22. The molecule has 2 rings (SSSR count).